The van der Waals surface area contributed by atoms with Crippen LogP contribution in [0, 0.1) is 0 Å². The molecular weight excluding hydrogens is 369 g/mol. The van der Waals surface area contributed by atoms with E-state index in [2.05, 4.69) is 14.8 Å². The molecule has 142 valence electrons. The SMILES string of the molecule is CCCCOC(=O)c1nc(NC(=O)C(F)(F)C(F)(F)C(F)(F)F)n[nH]1. The summed E-state index contributed by atoms with van der Waals surface area (Å²) in [5.74, 6) is -18.6. The molecule has 1 aromatic rings. The van der Waals surface area contributed by atoms with E-state index < -0.39 is 41.7 Å². The fraction of sp³-hybridized carbons (Fsp3) is 0.636. The minimum absolute atomic E-state index is 0.00635. The van der Waals surface area contributed by atoms with Crippen LogP contribution in [0.2, 0.25) is 0 Å². The number of amides is 1. The first-order chi connectivity index (χ1) is 11.3. The molecule has 0 unspecified atom stereocenters. The Kier molecular flexibility index (Phi) is 5.96. The quantitative estimate of drug-likeness (QED) is 0.431. The molecular formula is C11H11F7N4O3. The molecule has 2 N–H and O–H groups in total. The summed E-state index contributed by atoms with van der Waals surface area (Å²) in [6, 6.07) is 0. The minimum atomic E-state index is -6.67. The van der Waals surface area contributed by atoms with E-state index in [1.54, 1.807) is 6.92 Å². The number of carbonyl (C=O) groups excluding carboxylic acids is 2. The number of nitrogens with zero attached hydrogens (tertiary/aromatic N) is 2. The molecule has 0 aliphatic heterocycles. The fourth-order valence-corrected chi connectivity index (χ4v) is 1.29. The third-order valence-electron chi connectivity index (χ3n) is 2.67. The number of H-pyrrole nitrogens is 1. The Morgan fingerprint density at radius 3 is 2.28 bits per heavy atom. The number of aromatic nitrogens is 3. The lowest BCUT2D eigenvalue weighted by Gasteiger charge is -2.26. The van der Waals surface area contributed by atoms with Gasteiger partial charge in [0.1, 0.15) is 0 Å². The van der Waals surface area contributed by atoms with Crippen molar-refractivity contribution in [2.24, 2.45) is 0 Å². The van der Waals surface area contributed by atoms with Crippen LogP contribution in [0.25, 0.3) is 0 Å². The maximum atomic E-state index is 13.1. The Bertz CT molecular complexity index is 629. The van der Waals surface area contributed by atoms with Crippen molar-refractivity contribution in [1.29, 1.82) is 0 Å². The van der Waals surface area contributed by atoms with Crippen molar-refractivity contribution in [2.75, 3.05) is 11.9 Å². The Hall–Kier alpha value is -2.41. The van der Waals surface area contributed by atoms with Crippen LogP contribution in [-0.2, 0) is 9.53 Å². The topological polar surface area (TPSA) is 97.0 Å². The molecule has 0 fully saturated rings. The number of rotatable bonds is 7. The van der Waals surface area contributed by atoms with Crippen LogP contribution in [0.1, 0.15) is 30.4 Å². The summed E-state index contributed by atoms with van der Waals surface area (Å²) >= 11 is 0. The highest BCUT2D eigenvalue weighted by Crippen LogP contribution is 2.46. The van der Waals surface area contributed by atoms with Crippen molar-refractivity contribution < 1.29 is 45.1 Å². The molecule has 0 radical (unpaired) electrons. The van der Waals surface area contributed by atoms with Crippen molar-refractivity contribution in [2.45, 2.75) is 37.8 Å². The lowest BCUT2D eigenvalue weighted by atomic mass is 10.1. The highest BCUT2D eigenvalue weighted by molar-refractivity contribution is 5.96. The van der Waals surface area contributed by atoms with Gasteiger partial charge >= 0.3 is 29.9 Å². The van der Waals surface area contributed by atoms with Crippen LogP contribution < -0.4 is 5.32 Å². The van der Waals surface area contributed by atoms with E-state index >= 15 is 0 Å². The maximum Gasteiger partial charge on any atom is 0.460 e. The zero-order valence-corrected chi connectivity index (χ0v) is 12.4. The molecule has 0 aromatic carbocycles. The van der Waals surface area contributed by atoms with Gasteiger partial charge in [0.25, 0.3) is 0 Å². The van der Waals surface area contributed by atoms with E-state index in [0.717, 1.165) is 5.32 Å². The number of hydrogen-bond acceptors (Lipinski definition) is 5. The van der Waals surface area contributed by atoms with E-state index in [1.807, 2.05) is 5.10 Å². The molecule has 1 rings (SSSR count). The Morgan fingerprint density at radius 1 is 1.16 bits per heavy atom. The first-order valence-electron chi connectivity index (χ1n) is 6.58. The second-order valence-corrected chi connectivity index (χ2v) is 4.60. The molecule has 0 saturated carbocycles. The van der Waals surface area contributed by atoms with Crippen molar-refractivity contribution >= 4 is 17.8 Å². The second-order valence-electron chi connectivity index (χ2n) is 4.60. The van der Waals surface area contributed by atoms with E-state index in [4.69, 9.17) is 0 Å². The van der Waals surface area contributed by atoms with E-state index in [-0.39, 0.29) is 6.61 Å². The number of unbranched alkanes of at least 4 members (excludes halogenated alkanes) is 1. The Labute approximate surface area is 134 Å². The van der Waals surface area contributed by atoms with Gasteiger partial charge in [-0.15, -0.1) is 5.10 Å². The van der Waals surface area contributed by atoms with Crippen molar-refractivity contribution in [3.8, 4) is 0 Å². The normalized spacial score (nSPS) is 12.8. The number of ether oxygens (including phenoxy) is 1. The number of aromatic amines is 1. The molecule has 7 nitrogen and oxygen atoms in total. The number of hydrogen-bond donors (Lipinski definition) is 2. The van der Waals surface area contributed by atoms with Crippen LogP contribution in [-0.4, -0.2) is 51.7 Å². The lowest BCUT2D eigenvalue weighted by Crippen LogP contribution is -2.57. The van der Waals surface area contributed by atoms with Gasteiger partial charge in [-0.1, -0.05) is 13.3 Å². The van der Waals surface area contributed by atoms with E-state index in [9.17, 15) is 40.3 Å². The third kappa shape index (κ3) is 4.36. The molecule has 1 aromatic heterocycles. The summed E-state index contributed by atoms with van der Waals surface area (Å²) in [5, 5.41) is 5.86. The molecule has 0 bridgehead atoms. The van der Waals surface area contributed by atoms with Crippen LogP contribution in [0.4, 0.5) is 36.7 Å². The van der Waals surface area contributed by atoms with Crippen LogP contribution >= 0.6 is 0 Å². The van der Waals surface area contributed by atoms with E-state index in [1.165, 1.54) is 0 Å². The predicted octanol–water partition coefficient (Wildman–Crippen LogP) is 2.53. The van der Waals surface area contributed by atoms with Crippen LogP contribution in [0.3, 0.4) is 0 Å². The minimum Gasteiger partial charge on any atom is -0.460 e. The molecule has 0 atom stereocenters. The van der Waals surface area contributed by atoms with Crippen molar-refractivity contribution in [3.63, 3.8) is 0 Å². The van der Waals surface area contributed by atoms with Gasteiger partial charge in [-0.25, -0.2) is 4.79 Å². The van der Waals surface area contributed by atoms with Gasteiger partial charge in [-0.2, -0.15) is 35.7 Å². The zero-order valence-electron chi connectivity index (χ0n) is 12.4. The molecule has 14 heteroatoms. The van der Waals surface area contributed by atoms with Crippen LogP contribution in [0.5, 0.6) is 0 Å². The number of carbonyl (C=O) groups is 2. The smallest absolute Gasteiger partial charge is 0.460 e. The summed E-state index contributed by atoms with van der Waals surface area (Å²) in [7, 11) is 0. The predicted molar refractivity (Wildman–Crippen MR) is 66.2 cm³/mol. The van der Waals surface area contributed by atoms with Gasteiger partial charge in [-0.3, -0.25) is 15.2 Å². The van der Waals surface area contributed by atoms with Gasteiger partial charge in [0.2, 0.25) is 11.8 Å². The summed E-state index contributed by atoms with van der Waals surface area (Å²) in [4.78, 5) is 25.6. The van der Waals surface area contributed by atoms with Crippen molar-refractivity contribution in [1.82, 2.24) is 15.2 Å². The van der Waals surface area contributed by atoms with Gasteiger partial charge in [0, 0.05) is 0 Å². The monoisotopic (exact) mass is 380 g/mol. The number of nitrogens with one attached hydrogen (secondary N) is 2. The molecule has 1 heterocycles. The maximum absolute atomic E-state index is 13.1. The molecule has 1 amide bonds. The van der Waals surface area contributed by atoms with E-state index in [0.29, 0.717) is 12.8 Å². The first kappa shape index (κ1) is 20.6. The number of esters is 1. The fourth-order valence-electron chi connectivity index (χ4n) is 1.29. The number of anilines is 1. The molecule has 0 aliphatic carbocycles. The standard InChI is InChI=1S/C11H11F7N4O3/c1-2-3-4-25-6(23)5-19-8(22-21-5)20-7(24)9(12,13)10(14,15)11(16,17)18/h2-4H2,1H3,(H2,19,20,21,22,24). The van der Waals surface area contributed by atoms with Gasteiger partial charge in [0.15, 0.2) is 0 Å². The lowest BCUT2D eigenvalue weighted by molar-refractivity contribution is -0.343. The van der Waals surface area contributed by atoms with Gasteiger partial charge in [0.05, 0.1) is 6.61 Å². The third-order valence-corrected chi connectivity index (χ3v) is 2.67. The molecule has 0 aliphatic rings. The average Bonchev–Trinajstić information content (AvgIpc) is 2.94. The van der Waals surface area contributed by atoms with Gasteiger partial charge < -0.3 is 4.74 Å². The molecule has 0 saturated heterocycles. The second kappa shape index (κ2) is 7.23. The van der Waals surface area contributed by atoms with Crippen LogP contribution in [0.15, 0.2) is 0 Å². The average molecular weight is 380 g/mol. The van der Waals surface area contributed by atoms with Crippen molar-refractivity contribution in [3.05, 3.63) is 5.82 Å². The zero-order chi connectivity index (χ0) is 19.5. The highest BCUT2D eigenvalue weighted by Gasteiger charge is 2.76. The molecule has 0 spiro atoms. The highest BCUT2D eigenvalue weighted by atomic mass is 19.4. The Morgan fingerprint density at radius 2 is 1.76 bits per heavy atom. The number of halogens is 7. The molecule has 25 heavy (non-hydrogen) atoms. The summed E-state index contributed by atoms with van der Waals surface area (Å²) in [5.41, 5.74) is 0. The Balaban J connectivity index is 2.83. The summed E-state index contributed by atoms with van der Waals surface area (Å²) in [6.07, 6.45) is -5.48. The summed E-state index contributed by atoms with van der Waals surface area (Å²) in [6.45, 7) is 1.79. The summed E-state index contributed by atoms with van der Waals surface area (Å²) < 4.78 is 92.2. The largest absolute Gasteiger partial charge is 0.460 e. The number of alkyl halides is 7. The van der Waals surface area contributed by atoms with Gasteiger partial charge in [-0.05, 0) is 6.42 Å². The first-order valence-corrected chi connectivity index (χ1v) is 6.58.